The molecule has 0 saturated carbocycles. The van der Waals surface area contributed by atoms with Crippen molar-refractivity contribution in [3.05, 3.63) is 47.1 Å². The Balaban J connectivity index is 2.17. The van der Waals surface area contributed by atoms with Gasteiger partial charge in [0.25, 0.3) is 0 Å². The lowest BCUT2D eigenvalue weighted by Gasteiger charge is -2.08. The van der Waals surface area contributed by atoms with Crippen LogP contribution in [-0.2, 0) is 23.1 Å². The minimum Gasteiger partial charge on any atom is -0.360 e. The van der Waals surface area contributed by atoms with Gasteiger partial charge in [-0.2, -0.15) is 0 Å². The van der Waals surface area contributed by atoms with E-state index in [2.05, 4.69) is 15.2 Å². The monoisotopic (exact) mass is 313 g/mol. The molecular weight excluding hydrogens is 297 g/mol. The van der Waals surface area contributed by atoms with E-state index in [9.17, 15) is 12.8 Å². The van der Waals surface area contributed by atoms with Gasteiger partial charge in [-0.15, -0.1) is 0 Å². The number of nitrogens with zero attached hydrogens (tertiary/aromatic N) is 1. The summed E-state index contributed by atoms with van der Waals surface area (Å²) in [6.07, 6.45) is 0. The highest BCUT2D eigenvalue weighted by molar-refractivity contribution is 7.89. The number of benzene rings is 1. The van der Waals surface area contributed by atoms with Gasteiger partial charge in [0, 0.05) is 18.2 Å². The average Bonchev–Trinajstić information content (AvgIpc) is 2.85. The summed E-state index contributed by atoms with van der Waals surface area (Å²) in [7, 11) is -2.08. The van der Waals surface area contributed by atoms with E-state index in [1.54, 1.807) is 20.0 Å². The Morgan fingerprint density at radius 1 is 1.29 bits per heavy atom. The van der Waals surface area contributed by atoms with Gasteiger partial charge in [0.2, 0.25) is 10.0 Å². The zero-order chi connectivity index (χ0) is 15.5. The van der Waals surface area contributed by atoms with E-state index in [1.165, 1.54) is 12.1 Å². The Bertz CT molecular complexity index is 728. The second kappa shape index (κ2) is 6.33. The number of halogens is 1. The summed E-state index contributed by atoms with van der Waals surface area (Å²) in [5.41, 5.74) is 0.957. The van der Waals surface area contributed by atoms with Crippen molar-refractivity contribution in [3.63, 3.8) is 0 Å². The number of rotatable bonds is 6. The molecule has 0 atom stereocenters. The van der Waals surface area contributed by atoms with Gasteiger partial charge in [-0.05, 0) is 32.2 Å². The van der Waals surface area contributed by atoms with Crippen LogP contribution in [0.1, 0.15) is 17.0 Å². The molecule has 1 heterocycles. The molecule has 0 fully saturated rings. The predicted octanol–water partition coefficient (Wildman–Crippen LogP) is 1.32. The Kier molecular flexibility index (Phi) is 4.71. The smallest absolute Gasteiger partial charge is 0.240 e. The normalized spacial score (nSPS) is 11.8. The molecule has 0 aliphatic rings. The van der Waals surface area contributed by atoms with Crippen LogP contribution in [-0.4, -0.2) is 20.6 Å². The molecule has 2 N–H and O–H groups in total. The van der Waals surface area contributed by atoms with Gasteiger partial charge in [-0.1, -0.05) is 5.16 Å². The van der Waals surface area contributed by atoms with Crippen molar-refractivity contribution >= 4 is 10.0 Å². The first-order chi connectivity index (χ1) is 9.92. The van der Waals surface area contributed by atoms with Gasteiger partial charge in [0.15, 0.2) is 5.76 Å². The van der Waals surface area contributed by atoms with Crippen molar-refractivity contribution < 1.29 is 17.3 Å². The predicted molar refractivity (Wildman–Crippen MR) is 74.4 cm³/mol. The first kappa shape index (κ1) is 15.6. The molecule has 21 heavy (non-hydrogen) atoms. The van der Waals surface area contributed by atoms with Crippen LogP contribution in [0.2, 0.25) is 0 Å². The van der Waals surface area contributed by atoms with E-state index < -0.39 is 15.8 Å². The highest BCUT2D eigenvalue weighted by Crippen LogP contribution is 2.15. The number of nitrogens with one attached hydrogen (secondary N) is 2. The first-order valence-electron chi connectivity index (χ1n) is 6.27. The van der Waals surface area contributed by atoms with Crippen LogP contribution in [0.4, 0.5) is 4.39 Å². The summed E-state index contributed by atoms with van der Waals surface area (Å²) in [6, 6.07) is 5.31. The van der Waals surface area contributed by atoms with Crippen LogP contribution in [0.15, 0.2) is 33.7 Å². The van der Waals surface area contributed by atoms with Crippen LogP contribution in [0, 0.1) is 12.7 Å². The molecule has 1 aromatic carbocycles. The molecule has 0 aliphatic heterocycles. The minimum absolute atomic E-state index is 0.00499. The highest BCUT2D eigenvalue weighted by atomic mass is 32.2. The van der Waals surface area contributed by atoms with E-state index in [4.69, 9.17) is 4.52 Å². The first-order valence-corrected chi connectivity index (χ1v) is 7.75. The summed E-state index contributed by atoms with van der Waals surface area (Å²) in [5, 5.41) is 6.46. The van der Waals surface area contributed by atoms with E-state index in [-0.39, 0.29) is 23.5 Å². The Morgan fingerprint density at radius 2 is 2.05 bits per heavy atom. The zero-order valence-corrected chi connectivity index (χ0v) is 12.5. The third kappa shape index (κ3) is 3.87. The molecule has 0 amide bonds. The molecular formula is C13H16FN3O3S. The minimum atomic E-state index is -3.74. The van der Waals surface area contributed by atoms with Crippen molar-refractivity contribution in [2.75, 3.05) is 7.05 Å². The van der Waals surface area contributed by atoms with Crippen LogP contribution in [0.5, 0.6) is 0 Å². The van der Waals surface area contributed by atoms with Crippen molar-refractivity contribution in [2.24, 2.45) is 0 Å². The topological polar surface area (TPSA) is 84.2 Å². The fraction of sp³-hybridized carbons (Fsp3) is 0.308. The number of hydrogen-bond acceptors (Lipinski definition) is 5. The van der Waals surface area contributed by atoms with Gasteiger partial charge in [-0.25, -0.2) is 17.5 Å². The second-order valence-electron chi connectivity index (χ2n) is 4.54. The Morgan fingerprint density at radius 3 is 2.67 bits per heavy atom. The zero-order valence-electron chi connectivity index (χ0n) is 11.7. The van der Waals surface area contributed by atoms with Crippen molar-refractivity contribution in [3.8, 4) is 0 Å². The van der Waals surface area contributed by atoms with Crippen LogP contribution in [0.25, 0.3) is 0 Å². The highest BCUT2D eigenvalue weighted by Gasteiger charge is 2.16. The van der Waals surface area contributed by atoms with Crippen molar-refractivity contribution in [1.29, 1.82) is 0 Å². The molecule has 0 unspecified atom stereocenters. The molecule has 0 saturated heterocycles. The summed E-state index contributed by atoms with van der Waals surface area (Å²) in [5.74, 6) is -0.0391. The fourth-order valence-electron chi connectivity index (χ4n) is 1.79. The summed E-state index contributed by atoms with van der Waals surface area (Å²) in [4.78, 5) is 0.00499. The number of aryl methyl sites for hydroxylation is 1. The van der Waals surface area contributed by atoms with Crippen molar-refractivity contribution in [2.45, 2.75) is 24.9 Å². The molecule has 2 aromatic rings. The lowest BCUT2D eigenvalue weighted by molar-refractivity contribution is 0.377. The molecule has 1 aromatic heterocycles. The van der Waals surface area contributed by atoms with Gasteiger partial charge >= 0.3 is 0 Å². The maximum atomic E-state index is 13.5. The largest absolute Gasteiger partial charge is 0.360 e. The summed E-state index contributed by atoms with van der Waals surface area (Å²) < 4.78 is 45.2. The quantitative estimate of drug-likeness (QED) is 0.840. The molecule has 8 heteroatoms. The van der Waals surface area contributed by atoms with E-state index in [0.717, 1.165) is 6.07 Å². The maximum Gasteiger partial charge on any atom is 0.240 e. The third-order valence-corrected chi connectivity index (χ3v) is 4.21. The Labute approximate surface area is 122 Å². The molecule has 6 nitrogen and oxygen atoms in total. The molecule has 0 spiro atoms. The van der Waals surface area contributed by atoms with Gasteiger partial charge in [-0.3, -0.25) is 0 Å². The van der Waals surface area contributed by atoms with Gasteiger partial charge in [0.1, 0.15) is 5.82 Å². The lowest BCUT2D eigenvalue weighted by atomic mass is 10.2. The molecule has 0 bridgehead atoms. The number of aromatic nitrogens is 1. The van der Waals surface area contributed by atoms with Gasteiger partial charge < -0.3 is 9.84 Å². The lowest BCUT2D eigenvalue weighted by Crippen LogP contribution is -2.23. The molecule has 2 rings (SSSR count). The average molecular weight is 313 g/mol. The summed E-state index contributed by atoms with van der Waals surface area (Å²) >= 11 is 0. The van der Waals surface area contributed by atoms with E-state index >= 15 is 0 Å². The van der Waals surface area contributed by atoms with Crippen LogP contribution in [0.3, 0.4) is 0 Å². The summed E-state index contributed by atoms with van der Waals surface area (Å²) in [6.45, 7) is 1.98. The maximum absolute atomic E-state index is 13.5. The van der Waals surface area contributed by atoms with Gasteiger partial charge in [0.05, 0.1) is 17.1 Å². The van der Waals surface area contributed by atoms with Crippen molar-refractivity contribution in [1.82, 2.24) is 15.2 Å². The van der Waals surface area contributed by atoms with E-state index in [0.29, 0.717) is 11.5 Å². The molecule has 0 radical (unpaired) electrons. The third-order valence-electron chi connectivity index (χ3n) is 2.81. The van der Waals surface area contributed by atoms with Crippen LogP contribution < -0.4 is 10.0 Å². The number of hydrogen-bond donors (Lipinski definition) is 2. The molecule has 0 aliphatic carbocycles. The Hall–Kier alpha value is -1.77. The fourth-order valence-corrected chi connectivity index (χ4v) is 2.84. The second-order valence-corrected chi connectivity index (χ2v) is 6.31. The van der Waals surface area contributed by atoms with Crippen LogP contribution >= 0.6 is 0 Å². The SMILES string of the molecule is CNCc1cc(S(=O)(=O)NCc2cc(C)no2)ccc1F. The standard InChI is InChI=1S/C13H16FN3O3S/c1-9-5-11(20-17-9)8-16-21(18,19)12-3-4-13(14)10(6-12)7-15-2/h3-6,15-16H,7-8H2,1-2H3. The number of sulfonamides is 1. The molecule has 114 valence electrons. The van der Waals surface area contributed by atoms with E-state index in [1.807, 2.05) is 0 Å².